The van der Waals surface area contributed by atoms with Crippen LogP contribution in [0.1, 0.15) is 10.4 Å². The molecule has 1 aromatic carbocycles. The predicted molar refractivity (Wildman–Crippen MR) is 64.8 cm³/mol. The van der Waals surface area contributed by atoms with Crippen molar-refractivity contribution >= 4 is 29.3 Å². The molecule has 0 saturated carbocycles. The van der Waals surface area contributed by atoms with Gasteiger partial charge in [0, 0.05) is 17.4 Å². The first-order chi connectivity index (χ1) is 7.34. The second kappa shape index (κ2) is 7.60. The van der Waals surface area contributed by atoms with Gasteiger partial charge in [0.15, 0.2) is 0 Å². The highest BCUT2D eigenvalue weighted by molar-refractivity contribution is 7.99. The van der Waals surface area contributed by atoms with Gasteiger partial charge in [0.05, 0.1) is 5.56 Å². The lowest BCUT2D eigenvalue weighted by atomic mass is 10.2. The second-order valence-corrected chi connectivity index (χ2v) is 4.41. The van der Waals surface area contributed by atoms with Crippen LogP contribution in [0.4, 0.5) is 0 Å². The topological polar surface area (TPSA) is 26.3 Å². The molecule has 0 radical (unpaired) electrons. The first kappa shape index (κ1) is 12.4. The van der Waals surface area contributed by atoms with Crippen molar-refractivity contribution in [3.8, 4) is 0 Å². The highest BCUT2D eigenvalue weighted by Gasteiger charge is 2.04. The zero-order valence-electron chi connectivity index (χ0n) is 8.32. The largest absolute Gasteiger partial charge is 0.461 e. The monoisotopic (exact) mass is 244 g/mol. The Balaban J connectivity index is 2.20. The van der Waals surface area contributed by atoms with E-state index in [1.807, 2.05) is 18.2 Å². The van der Waals surface area contributed by atoms with Crippen molar-refractivity contribution in [2.45, 2.75) is 0 Å². The van der Waals surface area contributed by atoms with Crippen LogP contribution in [-0.2, 0) is 4.74 Å². The third-order valence-electron chi connectivity index (χ3n) is 1.69. The van der Waals surface area contributed by atoms with E-state index < -0.39 is 0 Å². The molecule has 0 aliphatic carbocycles. The van der Waals surface area contributed by atoms with Crippen molar-refractivity contribution < 1.29 is 9.53 Å². The highest BCUT2D eigenvalue weighted by Crippen LogP contribution is 2.03. The Hall–Kier alpha value is -0.670. The minimum absolute atomic E-state index is 0.262. The molecule has 0 amide bonds. The van der Waals surface area contributed by atoms with Crippen LogP contribution in [-0.4, -0.2) is 30.0 Å². The van der Waals surface area contributed by atoms with Crippen LogP contribution in [0.2, 0.25) is 0 Å². The van der Waals surface area contributed by atoms with Crippen LogP contribution in [0, 0.1) is 0 Å². The molecule has 1 aromatic rings. The van der Waals surface area contributed by atoms with Gasteiger partial charge in [-0.05, 0) is 12.1 Å². The molecule has 4 heteroatoms. The molecular formula is C11H13ClO2S. The number of rotatable bonds is 6. The van der Waals surface area contributed by atoms with Gasteiger partial charge in [0.2, 0.25) is 0 Å². The van der Waals surface area contributed by atoms with E-state index in [-0.39, 0.29) is 5.97 Å². The molecule has 0 saturated heterocycles. The molecule has 0 aliphatic rings. The van der Waals surface area contributed by atoms with E-state index in [9.17, 15) is 4.79 Å². The van der Waals surface area contributed by atoms with Crippen LogP contribution >= 0.6 is 23.4 Å². The maximum absolute atomic E-state index is 11.4. The summed E-state index contributed by atoms with van der Waals surface area (Å²) < 4.78 is 5.07. The van der Waals surface area contributed by atoms with Crippen molar-refractivity contribution in [1.29, 1.82) is 0 Å². The molecule has 0 fully saturated rings. The number of benzene rings is 1. The molecule has 2 nitrogen and oxygen atoms in total. The zero-order valence-corrected chi connectivity index (χ0v) is 9.89. The summed E-state index contributed by atoms with van der Waals surface area (Å²) in [7, 11) is 0. The Morgan fingerprint density at radius 1 is 1.27 bits per heavy atom. The Morgan fingerprint density at radius 3 is 2.67 bits per heavy atom. The van der Waals surface area contributed by atoms with Gasteiger partial charge in [0.1, 0.15) is 6.61 Å². The molecule has 0 atom stereocenters. The number of carbonyl (C=O) groups excluding carboxylic acids is 1. The summed E-state index contributed by atoms with van der Waals surface area (Å²) in [6.07, 6.45) is 0. The van der Waals surface area contributed by atoms with E-state index in [1.54, 1.807) is 23.9 Å². The third-order valence-corrected chi connectivity index (χ3v) is 3.05. The summed E-state index contributed by atoms with van der Waals surface area (Å²) in [4.78, 5) is 11.4. The van der Waals surface area contributed by atoms with E-state index in [1.165, 1.54) is 0 Å². The van der Waals surface area contributed by atoms with Crippen LogP contribution in [0.3, 0.4) is 0 Å². The average molecular weight is 245 g/mol. The molecular weight excluding hydrogens is 232 g/mol. The fourth-order valence-corrected chi connectivity index (χ4v) is 1.85. The number of hydrogen-bond donors (Lipinski definition) is 0. The minimum atomic E-state index is -0.262. The lowest BCUT2D eigenvalue weighted by Crippen LogP contribution is -2.07. The first-order valence-electron chi connectivity index (χ1n) is 4.70. The number of halogens is 1. The number of ether oxygens (including phenoxy) is 1. The van der Waals surface area contributed by atoms with Crippen molar-refractivity contribution in [1.82, 2.24) is 0 Å². The molecule has 0 N–H and O–H groups in total. The van der Waals surface area contributed by atoms with Gasteiger partial charge in [-0.2, -0.15) is 11.8 Å². The van der Waals surface area contributed by atoms with Gasteiger partial charge in [-0.1, -0.05) is 18.2 Å². The number of alkyl halides is 1. The van der Waals surface area contributed by atoms with Crippen LogP contribution < -0.4 is 0 Å². The maximum Gasteiger partial charge on any atom is 0.338 e. The summed E-state index contributed by atoms with van der Waals surface area (Å²) >= 11 is 7.19. The fourth-order valence-electron chi connectivity index (χ4n) is 1.01. The lowest BCUT2D eigenvalue weighted by Gasteiger charge is -2.03. The van der Waals surface area contributed by atoms with Gasteiger partial charge in [-0.15, -0.1) is 11.6 Å². The maximum atomic E-state index is 11.4. The van der Waals surface area contributed by atoms with Crippen molar-refractivity contribution in [3.63, 3.8) is 0 Å². The van der Waals surface area contributed by atoms with Crippen LogP contribution in [0.15, 0.2) is 30.3 Å². The second-order valence-electron chi connectivity index (χ2n) is 2.80. The highest BCUT2D eigenvalue weighted by atomic mass is 35.5. The predicted octanol–water partition coefficient (Wildman–Crippen LogP) is 2.82. The number of esters is 1. The van der Waals surface area contributed by atoms with Gasteiger partial charge in [0.25, 0.3) is 0 Å². The quantitative estimate of drug-likeness (QED) is 0.437. The molecule has 0 aromatic heterocycles. The normalized spacial score (nSPS) is 9.93. The molecule has 0 unspecified atom stereocenters. The molecule has 15 heavy (non-hydrogen) atoms. The van der Waals surface area contributed by atoms with Gasteiger partial charge < -0.3 is 4.74 Å². The van der Waals surface area contributed by atoms with E-state index in [0.717, 1.165) is 11.5 Å². The summed E-state index contributed by atoms with van der Waals surface area (Å²) in [5.41, 5.74) is 0.597. The smallest absolute Gasteiger partial charge is 0.338 e. The van der Waals surface area contributed by atoms with Gasteiger partial charge >= 0.3 is 5.97 Å². The zero-order chi connectivity index (χ0) is 10.9. The minimum Gasteiger partial charge on any atom is -0.461 e. The molecule has 0 bridgehead atoms. The van der Waals surface area contributed by atoms with E-state index in [4.69, 9.17) is 16.3 Å². The lowest BCUT2D eigenvalue weighted by molar-refractivity contribution is 0.0530. The molecule has 1 rings (SSSR count). The van der Waals surface area contributed by atoms with Crippen LogP contribution in [0.5, 0.6) is 0 Å². The number of carbonyl (C=O) groups is 1. The molecule has 0 spiro atoms. The van der Waals surface area contributed by atoms with Crippen molar-refractivity contribution in [3.05, 3.63) is 35.9 Å². The first-order valence-corrected chi connectivity index (χ1v) is 6.39. The fraction of sp³-hybridized carbons (Fsp3) is 0.364. The summed E-state index contributed by atoms with van der Waals surface area (Å²) in [5, 5.41) is 0. The third kappa shape index (κ3) is 5.09. The Morgan fingerprint density at radius 2 is 2.00 bits per heavy atom. The van der Waals surface area contributed by atoms with Gasteiger partial charge in [-0.3, -0.25) is 0 Å². The molecule has 0 aliphatic heterocycles. The van der Waals surface area contributed by atoms with E-state index >= 15 is 0 Å². The Bertz CT molecular complexity index is 290. The van der Waals surface area contributed by atoms with Gasteiger partial charge in [-0.25, -0.2) is 4.79 Å². The van der Waals surface area contributed by atoms with Crippen molar-refractivity contribution in [2.75, 3.05) is 24.0 Å². The number of thioether (sulfide) groups is 1. The summed E-state index contributed by atoms with van der Waals surface area (Å²) in [6.45, 7) is 0.440. The summed E-state index contributed by atoms with van der Waals surface area (Å²) in [6, 6.07) is 8.99. The summed E-state index contributed by atoms with van der Waals surface area (Å²) in [5.74, 6) is 2.06. The van der Waals surface area contributed by atoms with Crippen molar-refractivity contribution in [2.24, 2.45) is 0 Å². The standard InChI is InChI=1S/C11H13ClO2S/c12-6-8-15-9-7-14-11(13)10-4-2-1-3-5-10/h1-5H,6-9H2. The average Bonchev–Trinajstić information content (AvgIpc) is 2.30. The van der Waals surface area contributed by atoms with E-state index in [0.29, 0.717) is 18.1 Å². The van der Waals surface area contributed by atoms with Crippen LogP contribution in [0.25, 0.3) is 0 Å². The SMILES string of the molecule is O=C(OCCSCCCl)c1ccccc1. The Labute approximate surface area is 99.0 Å². The molecule has 0 heterocycles. The molecule has 82 valence electrons. The number of hydrogen-bond acceptors (Lipinski definition) is 3. The van der Waals surface area contributed by atoms with E-state index in [2.05, 4.69) is 0 Å². The Kier molecular flexibility index (Phi) is 6.28.